The summed E-state index contributed by atoms with van der Waals surface area (Å²) < 4.78 is 0. The van der Waals surface area contributed by atoms with Gasteiger partial charge in [0.1, 0.15) is 0 Å². The van der Waals surface area contributed by atoms with Crippen LogP contribution in [0.3, 0.4) is 0 Å². The van der Waals surface area contributed by atoms with Crippen LogP contribution in [-0.4, -0.2) is 48.7 Å². The minimum atomic E-state index is -0.742. The quantitative estimate of drug-likeness (QED) is 0.853. The van der Waals surface area contributed by atoms with Gasteiger partial charge in [-0.3, -0.25) is 9.69 Å². The van der Waals surface area contributed by atoms with Gasteiger partial charge in [0.05, 0.1) is 6.54 Å². The van der Waals surface area contributed by atoms with E-state index in [1.807, 2.05) is 4.90 Å². The molecule has 0 radical (unpaired) electrons. The third-order valence-electron chi connectivity index (χ3n) is 3.13. The van der Waals surface area contributed by atoms with Crippen LogP contribution in [0.15, 0.2) is 24.3 Å². The number of carbonyl (C=O) groups is 1. The van der Waals surface area contributed by atoms with E-state index in [9.17, 15) is 4.79 Å². The minimum absolute atomic E-state index is 0.155. The van der Waals surface area contributed by atoms with E-state index in [2.05, 4.69) is 36.1 Å². The molecule has 0 aliphatic carbocycles. The van der Waals surface area contributed by atoms with Crippen LogP contribution >= 0.6 is 0 Å². The molecule has 1 saturated heterocycles. The van der Waals surface area contributed by atoms with Crippen LogP contribution in [-0.2, 0) is 4.79 Å². The van der Waals surface area contributed by atoms with Crippen molar-refractivity contribution >= 4 is 11.7 Å². The lowest BCUT2D eigenvalue weighted by atomic mass is 10.2. The third-order valence-corrected chi connectivity index (χ3v) is 3.13. The molecule has 1 aliphatic rings. The van der Waals surface area contributed by atoms with Gasteiger partial charge in [-0.05, 0) is 19.1 Å². The highest BCUT2D eigenvalue weighted by Crippen LogP contribution is 2.16. The zero-order valence-corrected chi connectivity index (χ0v) is 10.1. The van der Waals surface area contributed by atoms with Crippen molar-refractivity contribution in [3.63, 3.8) is 0 Å². The fourth-order valence-electron chi connectivity index (χ4n) is 2.11. The predicted octanol–water partition coefficient (Wildman–Crippen LogP) is 1.20. The molecule has 1 heterocycles. The Bertz CT molecular complexity index is 381. The predicted molar refractivity (Wildman–Crippen MR) is 67.5 cm³/mol. The van der Waals surface area contributed by atoms with Gasteiger partial charge in [0.15, 0.2) is 0 Å². The third kappa shape index (κ3) is 3.20. The van der Waals surface area contributed by atoms with Crippen molar-refractivity contribution in [3.8, 4) is 0 Å². The number of benzene rings is 1. The van der Waals surface area contributed by atoms with Crippen molar-refractivity contribution in [1.82, 2.24) is 4.90 Å². The van der Waals surface area contributed by atoms with Crippen molar-refractivity contribution in [3.05, 3.63) is 29.8 Å². The van der Waals surface area contributed by atoms with Crippen LogP contribution < -0.4 is 4.90 Å². The number of aliphatic carboxylic acids is 1. The molecule has 0 unspecified atom stereocenters. The van der Waals surface area contributed by atoms with E-state index in [-0.39, 0.29) is 6.54 Å². The lowest BCUT2D eigenvalue weighted by Gasteiger charge is -2.35. The maximum atomic E-state index is 10.6. The van der Waals surface area contributed by atoms with Gasteiger partial charge in [0.25, 0.3) is 0 Å². The molecule has 1 N–H and O–H groups in total. The van der Waals surface area contributed by atoms with Crippen molar-refractivity contribution in [2.75, 3.05) is 37.6 Å². The summed E-state index contributed by atoms with van der Waals surface area (Å²) in [7, 11) is 0. The fraction of sp³-hybridized carbons (Fsp3) is 0.462. The second-order valence-corrected chi connectivity index (χ2v) is 4.49. The molecule has 1 fully saturated rings. The monoisotopic (exact) mass is 234 g/mol. The molecule has 4 nitrogen and oxygen atoms in total. The molecule has 1 aliphatic heterocycles. The SMILES string of the molecule is Cc1ccc(N2CCN(CC(=O)O)CC2)cc1. The van der Waals surface area contributed by atoms with E-state index in [0.29, 0.717) is 0 Å². The Kier molecular flexibility index (Phi) is 3.64. The number of carboxylic acid groups (broad SMARTS) is 1. The van der Waals surface area contributed by atoms with Crippen LogP contribution in [0.5, 0.6) is 0 Å². The molecule has 0 amide bonds. The van der Waals surface area contributed by atoms with Crippen molar-refractivity contribution in [2.45, 2.75) is 6.92 Å². The van der Waals surface area contributed by atoms with Crippen LogP contribution in [0.25, 0.3) is 0 Å². The number of aryl methyl sites for hydroxylation is 1. The van der Waals surface area contributed by atoms with Crippen LogP contribution in [0.2, 0.25) is 0 Å². The standard InChI is InChI=1S/C13H18N2O2/c1-11-2-4-12(5-3-11)15-8-6-14(7-9-15)10-13(16)17/h2-5H,6-10H2,1H3,(H,16,17). The normalized spacial score (nSPS) is 17.1. The van der Waals surface area contributed by atoms with Gasteiger partial charge in [0.2, 0.25) is 0 Å². The fourth-order valence-corrected chi connectivity index (χ4v) is 2.11. The zero-order valence-electron chi connectivity index (χ0n) is 10.1. The van der Waals surface area contributed by atoms with Crippen molar-refractivity contribution < 1.29 is 9.90 Å². The first-order valence-corrected chi connectivity index (χ1v) is 5.91. The molecule has 1 aromatic carbocycles. The van der Waals surface area contributed by atoms with E-state index in [1.165, 1.54) is 11.3 Å². The second-order valence-electron chi connectivity index (χ2n) is 4.49. The van der Waals surface area contributed by atoms with Crippen molar-refractivity contribution in [1.29, 1.82) is 0 Å². The highest BCUT2D eigenvalue weighted by Gasteiger charge is 2.18. The number of rotatable bonds is 3. The lowest BCUT2D eigenvalue weighted by Crippen LogP contribution is -2.47. The summed E-state index contributed by atoms with van der Waals surface area (Å²) >= 11 is 0. The molecule has 0 atom stereocenters. The summed E-state index contributed by atoms with van der Waals surface area (Å²) in [5.41, 5.74) is 2.49. The first-order valence-electron chi connectivity index (χ1n) is 5.91. The van der Waals surface area contributed by atoms with Crippen LogP contribution in [0.4, 0.5) is 5.69 Å². The van der Waals surface area contributed by atoms with E-state index in [4.69, 9.17) is 5.11 Å². The number of hydrogen-bond acceptors (Lipinski definition) is 3. The van der Waals surface area contributed by atoms with E-state index in [0.717, 1.165) is 26.2 Å². The number of nitrogens with zero attached hydrogens (tertiary/aromatic N) is 2. The molecule has 1 aromatic rings. The molecule has 0 saturated carbocycles. The highest BCUT2D eigenvalue weighted by molar-refractivity contribution is 5.69. The molecule has 4 heteroatoms. The Balaban J connectivity index is 1.90. The zero-order chi connectivity index (χ0) is 12.3. The summed E-state index contributed by atoms with van der Waals surface area (Å²) in [4.78, 5) is 14.9. The summed E-state index contributed by atoms with van der Waals surface area (Å²) in [5.74, 6) is -0.742. The minimum Gasteiger partial charge on any atom is -0.480 e. The average Bonchev–Trinajstić information content (AvgIpc) is 2.30. The summed E-state index contributed by atoms with van der Waals surface area (Å²) in [6, 6.07) is 8.47. The van der Waals surface area contributed by atoms with E-state index >= 15 is 0 Å². The van der Waals surface area contributed by atoms with Gasteiger partial charge in [0, 0.05) is 31.9 Å². The Morgan fingerprint density at radius 2 is 1.76 bits per heavy atom. The van der Waals surface area contributed by atoms with Gasteiger partial charge in [-0.2, -0.15) is 0 Å². The van der Waals surface area contributed by atoms with E-state index in [1.54, 1.807) is 0 Å². The van der Waals surface area contributed by atoms with Crippen LogP contribution in [0.1, 0.15) is 5.56 Å². The number of piperazine rings is 1. The topological polar surface area (TPSA) is 43.8 Å². The van der Waals surface area contributed by atoms with Crippen molar-refractivity contribution in [2.24, 2.45) is 0 Å². The maximum absolute atomic E-state index is 10.6. The molecular formula is C13H18N2O2. The largest absolute Gasteiger partial charge is 0.480 e. The molecule has 2 rings (SSSR count). The summed E-state index contributed by atoms with van der Waals surface area (Å²) in [6.07, 6.45) is 0. The maximum Gasteiger partial charge on any atom is 0.317 e. The van der Waals surface area contributed by atoms with Gasteiger partial charge in [-0.1, -0.05) is 17.7 Å². The second kappa shape index (κ2) is 5.19. The number of anilines is 1. The Labute approximate surface area is 101 Å². The summed E-state index contributed by atoms with van der Waals surface area (Å²) in [6.45, 7) is 5.67. The van der Waals surface area contributed by atoms with Gasteiger partial charge >= 0.3 is 5.97 Å². The molecular weight excluding hydrogens is 216 g/mol. The highest BCUT2D eigenvalue weighted by atomic mass is 16.4. The molecule has 0 aromatic heterocycles. The molecule has 0 spiro atoms. The molecule has 17 heavy (non-hydrogen) atoms. The lowest BCUT2D eigenvalue weighted by molar-refractivity contribution is -0.138. The Morgan fingerprint density at radius 1 is 1.18 bits per heavy atom. The average molecular weight is 234 g/mol. The summed E-state index contributed by atoms with van der Waals surface area (Å²) in [5, 5.41) is 8.72. The van der Waals surface area contributed by atoms with Crippen LogP contribution in [0, 0.1) is 6.92 Å². The van der Waals surface area contributed by atoms with Gasteiger partial charge < -0.3 is 10.0 Å². The smallest absolute Gasteiger partial charge is 0.317 e. The number of hydrogen-bond donors (Lipinski definition) is 1. The van der Waals surface area contributed by atoms with Gasteiger partial charge in [-0.15, -0.1) is 0 Å². The Morgan fingerprint density at radius 3 is 2.29 bits per heavy atom. The molecule has 0 bridgehead atoms. The number of carboxylic acids is 1. The van der Waals surface area contributed by atoms with Gasteiger partial charge in [-0.25, -0.2) is 0 Å². The Hall–Kier alpha value is -1.55. The first-order chi connectivity index (χ1) is 8.15. The molecule has 92 valence electrons. The van der Waals surface area contributed by atoms with E-state index < -0.39 is 5.97 Å². The first kappa shape index (κ1) is 11.9.